The highest BCUT2D eigenvalue weighted by Crippen LogP contribution is 2.29. The average Bonchev–Trinajstić information content (AvgIpc) is 3.15. The van der Waals surface area contributed by atoms with Crippen molar-refractivity contribution in [1.29, 1.82) is 0 Å². The molecule has 32 heavy (non-hydrogen) atoms. The number of carbonyl (C=O) groups excluding carboxylic acids is 1. The molecule has 1 atom stereocenters. The molecule has 7 heteroatoms. The minimum absolute atomic E-state index is 0.0958. The highest BCUT2D eigenvalue weighted by molar-refractivity contribution is 5.78. The second-order valence-electron chi connectivity index (χ2n) is 9.55. The van der Waals surface area contributed by atoms with E-state index >= 15 is 0 Å². The van der Waals surface area contributed by atoms with E-state index in [1.54, 1.807) is 6.07 Å². The van der Waals surface area contributed by atoms with E-state index in [0.717, 1.165) is 89.2 Å². The van der Waals surface area contributed by atoms with Gasteiger partial charge in [0, 0.05) is 57.0 Å². The monoisotopic (exact) mass is 435 g/mol. The minimum Gasteiger partial charge on any atom is -0.342 e. The van der Waals surface area contributed by atoms with Crippen molar-refractivity contribution in [3.63, 3.8) is 0 Å². The van der Waals surface area contributed by atoms with Crippen molar-refractivity contribution in [3.05, 3.63) is 58.0 Å². The van der Waals surface area contributed by atoms with Gasteiger partial charge in [-0.1, -0.05) is 6.42 Å². The third-order valence-electron chi connectivity index (χ3n) is 7.46. The molecule has 170 valence electrons. The van der Waals surface area contributed by atoms with E-state index in [2.05, 4.69) is 22.0 Å². The number of carbonyl (C=O) groups is 1. The molecule has 1 amide bonds. The quantitative estimate of drug-likeness (QED) is 0.738. The van der Waals surface area contributed by atoms with Crippen LogP contribution in [-0.2, 0) is 17.8 Å². The SMILES string of the molecule is O=C(CN1CC[C@@H](c2cc(=O)n3c(n2)CCCCC3)C1)N1CCC(c2ccncc2)CC1. The van der Waals surface area contributed by atoms with Crippen LogP contribution in [0.15, 0.2) is 35.4 Å². The molecule has 0 N–H and O–H groups in total. The Bertz CT molecular complexity index is 997. The lowest BCUT2D eigenvalue weighted by atomic mass is 9.90. The molecular weight excluding hydrogens is 402 g/mol. The molecule has 3 aliphatic heterocycles. The van der Waals surface area contributed by atoms with E-state index in [9.17, 15) is 9.59 Å². The maximum absolute atomic E-state index is 12.9. The van der Waals surface area contributed by atoms with Gasteiger partial charge in [-0.15, -0.1) is 0 Å². The summed E-state index contributed by atoms with van der Waals surface area (Å²) in [4.78, 5) is 38.8. The van der Waals surface area contributed by atoms with Crippen LogP contribution in [0.2, 0.25) is 0 Å². The summed E-state index contributed by atoms with van der Waals surface area (Å²) < 4.78 is 1.86. The Hall–Kier alpha value is -2.54. The number of aromatic nitrogens is 3. The first-order chi connectivity index (χ1) is 15.7. The first-order valence-electron chi connectivity index (χ1n) is 12.2. The van der Waals surface area contributed by atoms with Gasteiger partial charge in [0.15, 0.2) is 0 Å². The van der Waals surface area contributed by atoms with Crippen molar-refractivity contribution < 1.29 is 4.79 Å². The van der Waals surface area contributed by atoms with Crippen LogP contribution >= 0.6 is 0 Å². The van der Waals surface area contributed by atoms with Gasteiger partial charge in [-0.05, 0) is 62.3 Å². The molecule has 0 saturated carbocycles. The van der Waals surface area contributed by atoms with Crippen molar-refractivity contribution in [3.8, 4) is 0 Å². The predicted octanol–water partition coefficient (Wildman–Crippen LogP) is 2.56. The molecule has 2 saturated heterocycles. The van der Waals surface area contributed by atoms with Crippen LogP contribution < -0.4 is 5.56 Å². The predicted molar refractivity (Wildman–Crippen MR) is 123 cm³/mol. The highest BCUT2D eigenvalue weighted by atomic mass is 16.2. The summed E-state index contributed by atoms with van der Waals surface area (Å²) in [6.07, 6.45) is 10.9. The molecule has 0 bridgehead atoms. The summed E-state index contributed by atoms with van der Waals surface area (Å²) in [5.41, 5.74) is 2.36. The number of piperidine rings is 1. The van der Waals surface area contributed by atoms with Crippen LogP contribution in [-0.4, -0.2) is 63.0 Å². The van der Waals surface area contributed by atoms with Crippen LogP contribution in [0, 0.1) is 0 Å². The number of nitrogens with zero attached hydrogens (tertiary/aromatic N) is 5. The first kappa shape index (κ1) is 21.3. The molecular formula is C25H33N5O2. The highest BCUT2D eigenvalue weighted by Gasteiger charge is 2.30. The zero-order valence-electron chi connectivity index (χ0n) is 18.8. The van der Waals surface area contributed by atoms with Gasteiger partial charge in [0.05, 0.1) is 12.2 Å². The first-order valence-corrected chi connectivity index (χ1v) is 12.2. The largest absolute Gasteiger partial charge is 0.342 e. The van der Waals surface area contributed by atoms with Crippen LogP contribution in [0.25, 0.3) is 0 Å². The zero-order chi connectivity index (χ0) is 21.9. The Kier molecular flexibility index (Phi) is 6.35. The normalized spacial score (nSPS) is 22.5. The maximum atomic E-state index is 12.9. The summed E-state index contributed by atoms with van der Waals surface area (Å²) in [6, 6.07) is 5.93. The van der Waals surface area contributed by atoms with Gasteiger partial charge in [-0.3, -0.25) is 24.0 Å². The number of hydrogen-bond donors (Lipinski definition) is 0. The topological polar surface area (TPSA) is 71.3 Å². The van der Waals surface area contributed by atoms with E-state index in [4.69, 9.17) is 4.98 Å². The Morgan fingerprint density at radius 3 is 2.56 bits per heavy atom. The summed E-state index contributed by atoms with van der Waals surface area (Å²) in [7, 11) is 0. The second kappa shape index (κ2) is 9.53. The van der Waals surface area contributed by atoms with E-state index in [1.807, 2.05) is 21.9 Å². The van der Waals surface area contributed by atoms with Crippen LogP contribution in [0.5, 0.6) is 0 Å². The van der Waals surface area contributed by atoms with Crippen molar-refractivity contribution >= 4 is 5.91 Å². The average molecular weight is 436 g/mol. The number of rotatable bonds is 4. The zero-order valence-corrected chi connectivity index (χ0v) is 18.8. The fourth-order valence-electron chi connectivity index (χ4n) is 5.55. The molecule has 0 unspecified atom stereocenters. The van der Waals surface area contributed by atoms with Gasteiger partial charge < -0.3 is 4.90 Å². The van der Waals surface area contributed by atoms with Gasteiger partial charge in [0.2, 0.25) is 5.91 Å². The third-order valence-corrected chi connectivity index (χ3v) is 7.46. The van der Waals surface area contributed by atoms with E-state index in [0.29, 0.717) is 12.5 Å². The molecule has 5 rings (SSSR count). The van der Waals surface area contributed by atoms with Gasteiger partial charge in [-0.2, -0.15) is 0 Å². The molecule has 0 radical (unpaired) electrons. The molecule has 2 aromatic heterocycles. The van der Waals surface area contributed by atoms with Crippen molar-refractivity contribution in [2.24, 2.45) is 0 Å². The van der Waals surface area contributed by atoms with Crippen LogP contribution in [0.4, 0.5) is 0 Å². The Balaban J connectivity index is 1.15. The Morgan fingerprint density at radius 2 is 1.75 bits per heavy atom. The van der Waals surface area contributed by atoms with Crippen molar-refractivity contribution in [2.75, 3.05) is 32.7 Å². The lowest BCUT2D eigenvalue weighted by Crippen LogP contribution is -2.43. The smallest absolute Gasteiger partial charge is 0.253 e. The Morgan fingerprint density at radius 1 is 0.969 bits per heavy atom. The molecule has 7 nitrogen and oxygen atoms in total. The van der Waals surface area contributed by atoms with Crippen molar-refractivity contribution in [1.82, 2.24) is 24.3 Å². The number of likely N-dealkylation sites (tertiary alicyclic amines) is 2. The summed E-state index contributed by atoms with van der Waals surface area (Å²) in [6.45, 7) is 4.63. The molecule has 0 aromatic carbocycles. The summed E-state index contributed by atoms with van der Waals surface area (Å²) in [5.74, 6) is 1.96. The standard InChI is InChI=1S/C25H33N5O2/c31-24-16-22(27-23-4-2-1-3-12-30(23)24)21-7-13-28(17-21)18-25(32)29-14-8-20(9-15-29)19-5-10-26-11-6-19/h5-6,10-11,16,20-21H,1-4,7-9,12-15,17-18H2/t21-/m1/s1. The van der Waals surface area contributed by atoms with Crippen molar-refractivity contribution in [2.45, 2.75) is 63.3 Å². The third kappa shape index (κ3) is 4.63. The second-order valence-corrected chi connectivity index (χ2v) is 9.55. The van der Waals surface area contributed by atoms with E-state index < -0.39 is 0 Å². The fraction of sp³-hybridized carbons (Fsp3) is 0.600. The Labute approximate surface area is 189 Å². The van der Waals surface area contributed by atoms with Crippen LogP contribution in [0.3, 0.4) is 0 Å². The molecule has 5 heterocycles. The fourth-order valence-corrected chi connectivity index (χ4v) is 5.55. The summed E-state index contributed by atoms with van der Waals surface area (Å²) in [5, 5.41) is 0. The van der Waals surface area contributed by atoms with Gasteiger partial charge in [-0.25, -0.2) is 4.98 Å². The number of fused-ring (bicyclic) bond motifs is 1. The number of amides is 1. The number of hydrogen-bond acceptors (Lipinski definition) is 5. The summed E-state index contributed by atoms with van der Waals surface area (Å²) >= 11 is 0. The molecule has 3 aliphatic rings. The lowest BCUT2D eigenvalue weighted by molar-refractivity contribution is -0.133. The molecule has 2 aromatic rings. The lowest BCUT2D eigenvalue weighted by Gasteiger charge is -2.33. The van der Waals surface area contributed by atoms with Crippen LogP contribution in [0.1, 0.15) is 67.4 Å². The number of pyridine rings is 1. The molecule has 2 fully saturated rings. The number of aryl methyl sites for hydroxylation is 1. The maximum Gasteiger partial charge on any atom is 0.253 e. The van der Waals surface area contributed by atoms with Gasteiger partial charge in [0.25, 0.3) is 5.56 Å². The molecule has 0 spiro atoms. The molecule has 0 aliphatic carbocycles. The van der Waals surface area contributed by atoms with E-state index in [-0.39, 0.29) is 17.4 Å². The van der Waals surface area contributed by atoms with Gasteiger partial charge >= 0.3 is 0 Å². The van der Waals surface area contributed by atoms with E-state index in [1.165, 1.54) is 5.56 Å². The minimum atomic E-state index is 0.0958. The van der Waals surface area contributed by atoms with Gasteiger partial charge in [0.1, 0.15) is 5.82 Å².